The molecule has 0 unspecified atom stereocenters. The minimum absolute atomic E-state index is 0.222. The number of ether oxygens (including phenoxy) is 2. The lowest BCUT2D eigenvalue weighted by atomic mass is 10.1. The summed E-state index contributed by atoms with van der Waals surface area (Å²) in [6.07, 6.45) is 4.96. The van der Waals surface area contributed by atoms with E-state index in [1.807, 2.05) is 43.3 Å². The van der Waals surface area contributed by atoms with Gasteiger partial charge in [-0.3, -0.25) is 0 Å². The highest BCUT2D eigenvalue weighted by molar-refractivity contribution is 7.98. The van der Waals surface area contributed by atoms with Crippen LogP contribution in [0.2, 0.25) is 0 Å². The van der Waals surface area contributed by atoms with Crippen molar-refractivity contribution in [3.63, 3.8) is 0 Å². The predicted molar refractivity (Wildman–Crippen MR) is 124 cm³/mol. The van der Waals surface area contributed by atoms with Crippen molar-refractivity contribution in [2.45, 2.75) is 18.2 Å². The number of nitriles is 1. The van der Waals surface area contributed by atoms with E-state index in [9.17, 15) is 5.26 Å². The van der Waals surface area contributed by atoms with Gasteiger partial charge < -0.3 is 14.8 Å². The van der Waals surface area contributed by atoms with Crippen LogP contribution in [0.4, 0.5) is 11.6 Å². The Morgan fingerprint density at radius 2 is 1.94 bits per heavy atom. The first kappa shape index (κ1) is 22.0. The first-order chi connectivity index (χ1) is 16.2. The van der Waals surface area contributed by atoms with Crippen LogP contribution < -0.4 is 14.8 Å². The quantitative estimate of drug-likeness (QED) is 0.368. The van der Waals surface area contributed by atoms with Crippen LogP contribution in [0.15, 0.2) is 61.2 Å². The van der Waals surface area contributed by atoms with E-state index in [4.69, 9.17) is 9.47 Å². The van der Waals surface area contributed by atoms with E-state index in [1.165, 1.54) is 18.1 Å². The molecule has 0 amide bonds. The van der Waals surface area contributed by atoms with Gasteiger partial charge in [-0.25, -0.2) is 14.6 Å². The van der Waals surface area contributed by atoms with Crippen LogP contribution in [-0.2, 0) is 5.88 Å². The fraction of sp³-hybridized carbons (Fsp3) is 0.182. The number of rotatable bonds is 9. The van der Waals surface area contributed by atoms with Crippen molar-refractivity contribution in [2.75, 3.05) is 12.4 Å². The van der Waals surface area contributed by atoms with Crippen molar-refractivity contribution < 1.29 is 9.47 Å². The van der Waals surface area contributed by atoms with Crippen LogP contribution in [0, 0.1) is 11.3 Å². The van der Waals surface area contributed by atoms with Crippen molar-refractivity contribution >= 4 is 23.4 Å². The van der Waals surface area contributed by atoms with Gasteiger partial charge in [0.2, 0.25) is 5.95 Å². The smallest absolute Gasteiger partial charge is 0.227 e. The number of nitrogens with one attached hydrogen (secondary N) is 1. The number of hydrogen-bond donors (Lipinski definition) is 1. The molecule has 0 saturated heterocycles. The average molecular weight is 461 g/mol. The van der Waals surface area contributed by atoms with E-state index < -0.39 is 0 Å². The van der Waals surface area contributed by atoms with Crippen molar-refractivity contribution in [1.29, 1.82) is 5.26 Å². The minimum Gasteiger partial charge on any atom is -0.495 e. The van der Waals surface area contributed by atoms with Crippen molar-refractivity contribution in [2.24, 2.45) is 0 Å². The number of hydrogen-bond acceptors (Lipinski definition) is 10. The Kier molecular flexibility index (Phi) is 6.96. The summed E-state index contributed by atoms with van der Waals surface area (Å²) in [6.45, 7) is 1.91. The maximum Gasteiger partial charge on any atom is 0.227 e. The summed E-state index contributed by atoms with van der Waals surface area (Å²) in [6, 6.07) is 15.1. The first-order valence-corrected chi connectivity index (χ1v) is 11.0. The molecule has 2 aromatic heterocycles. The molecule has 0 aliphatic carbocycles. The van der Waals surface area contributed by atoms with E-state index >= 15 is 0 Å². The zero-order valence-electron chi connectivity index (χ0n) is 17.9. The number of methoxy groups -OCH3 is 1. The highest BCUT2D eigenvalue weighted by Gasteiger charge is 2.12. The van der Waals surface area contributed by atoms with Crippen LogP contribution in [0.25, 0.3) is 11.1 Å². The molecule has 4 rings (SSSR count). The summed E-state index contributed by atoms with van der Waals surface area (Å²) < 4.78 is 13.0. The van der Waals surface area contributed by atoms with E-state index in [-0.39, 0.29) is 5.44 Å². The normalized spacial score (nSPS) is 11.4. The molecule has 2 heterocycles. The zero-order valence-corrected chi connectivity index (χ0v) is 18.7. The SMILES string of the molecule is COc1ccccc1Nc1ncc(-c2ccc(C#N)c(O[C@@H](C)SCn3cnnn3)c2)cn1. The first-order valence-electron chi connectivity index (χ1n) is 9.92. The van der Waals surface area contributed by atoms with Crippen LogP contribution in [0.1, 0.15) is 12.5 Å². The summed E-state index contributed by atoms with van der Waals surface area (Å²) in [5, 5.41) is 23.7. The number of benzene rings is 2. The Hall–Kier alpha value is -4.17. The highest BCUT2D eigenvalue weighted by Crippen LogP contribution is 2.30. The molecular formula is C22H20N8O2S. The van der Waals surface area contributed by atoms with Gasteiger partial charge in [0.1, 0.15) is 29.3 Å². The second-order valence-corrected chi connectivity index (χ2v) is 8.03. The summed E-state index contributed by atoms with van der Waals surface area (Å²) in [5.41, 5.74) is 2.63. The van der Waals surface area contributed by atoms with Gasteiger partial charge in [0, 0.05) is 18.0 Å². The van der Waals surface area contributed by atoms with Gasteiger partial charge in [-0.05, 0) is 47.2 Å². The Balaban J connectivity index is 1.47. The molecule has 0 aliphatic heterocycles. The molecular weight excluding hydrogens is 440 g/mol. The van der Waals surface area contributed by atoms with E-state index in [2.05, 4.69) is 36.9 Å². The van der Waals surface area contributed by atoms with Crippen molar-refractivity contribution in [3.05, 3.63) is 66.7 Å². The molecule has 0 aliphatic rings. The molecule has 33 heavy (non-hydrogen) atoms. The molecule has 0 spiro atoms. The standard InChI is InChI=1S/C22H20N8O2S/c1-15(33-14-30-13-26-28-29-30)32-21-9-16(7-8-17(21)10-23)18-11-24-22(25-12-18)27-19-5-3-4-6-20(19)31-2/h3-9,11-13,15H,14H2,1-2H3,(H,24,25,27)/t15-/m1/s1. The Bertz CT molecular complexity index is 1240. The third-order valence-electron chi connectivity index (χ3n) is 4.57. The number of nitrogens with zero attached hydrogens (tertiary/aromatic N) is 7. The Labute approximate surface area is 194 Å². The molecule has 0 saturated carbocycles. The van der Waals surface area contributed by atoms with E-state index in [0.717, 1.165) is 16.8 Å². The lowest BCUT2D eigenvalue weighted by Gasteiger charge is -2.16. The molecule has 2 aromatic carbocycles. The Morgan fingerprint density at radius 3 is 2.67 bits per heavy atom. The monoisotopic (exact) mass is 460 g/mol. The largest absolute Gasteiger partial charge is 0.495 e. The summed E-state index contributed by atoms with van der Waals surface area (Å²) in [7, 11) is 1.61. The van der Waals surface area contributed by atoms with Gasteiger partial charge in [-0.15, -0.1) is 5.10 Å². The van der Waals surface area contributed by atoms with Crippen molar-refractivity contribution in [1.82, 2.24) is 30.2 Å². The third kappa shape index (κ3) is 5.55. The molecule has 4 aromatic rings. The molecule has 11 heteroatoms. The summed E-state index contributed by atoms with van der Waals surface area (Å²) in [5.74, 6) is 2.17. The number of aromatic nitrogens is 6. The molecule has 0 radical (unpaired) electrons. The lowest BCUT2D eigenvalue weighted by Crippen LogP contribution is -2.10. The maximum atomic E-state index is 9.48. The van der Waals surface area contributed by atoms with E-state index in [0.29, 0.717) is 28.9 Å². The number of para-hydroxylation sites is 2. The lowest BCUT2D eigenvalue weighted by molar-refractivity contribution is 0.306. The van der Waals surface area contributed by atoms with Gasteiger partial charge in [0.15, 0.2) is 0 Å². The highest BCUT2D eigenvalue weighted by atomic mass is 32.2. The van der Waals surface area contributed by atoms with Gasteiger partial charge in [0.25, 0.3) is 0 Å². The second kappa shape index (κ2) is 10.4. The van der Waals surface area contributed by atoms with Crippen LogP contribution in [-0.4, -0.2) is 42.7 Å². The number of thioether (sulfide) groups is 1. The van der Waals surface area contributed by atoms with Gasteiger partial charge >= 0.3 is 0 Å². The maximum absolute atomic E-state index is 9.48. The van der Waals surface area contributed by atoms with Crippen LogP contribution >= 0.6 is 11.8 Å². The summed E-state index contributed by atoms with van der Waals surface area (Å²) in [4.78, 5) is 8.82. The molecule has 1 atom stereocenters. The average Bonchev–Trinajstić information content (AvgIpc) is 3.37. The second-order valence-electron chi connectivity index (χ2n) is 6.77. The van der Waals surface area contributed by atoms with Gasteiger partial charge in [0.05, 0.1) is 24.2 Å². The Morgan fingerprint density at radius 1 is 1.12 bits per heavy atom. The fourth-order valence-electron chi connectivity index (χ4n) is 2.94. The zero-order chi connectivity index (χ0) is 23.0. The van der Waals surface area contributed by atoms with E-state index in [1.54, 1.807) is 30.3 Å². The predicted octanol–water partition coefficient (Wildman–Crippen LogP) is 3.87. The topological polar surface area (TPSA) is 124 Å². The third-order valence-corrected chi connectivity index (χ3v) is 5.55. The molecule has 166 valence electrons. The van der Waals surface area contributed by atoms with Gasteiger partial charge in [-0.2, -0.15) is 5.26 Å². The van der Waals surface area contributed by atoms with Crippen LogP contribution in [0.5, 0.6) is 11.5 Å². The summed E-state index contributed by atoms with van der Waals surface area (Å²) >= 11 is 1.50. The van der Waals surface area contributed by atoms with Gasteiger partial charge in [-0.1, -0.05) is 30.0 Å². The molecule has 0 bridgehead atoms. The molecule has 0 fully saturated rings. The molecule has 1 N–H and O–H groups in total. The molecule has 10 nitrogen and oxygen atoms in total. The minimum atomic E-state index is -0.222. The number of tetrazole rings is 1. The van der Waals surface area contributed by atoms with Crippen LogP contribution in [0.3, 0.4) is 0 Å². The number of anilines is 2. The van der Waals surface area contributed by atoms with Crippen molar-refractivity contribution in [3.8, 4) is 28.7 Å². The fourth-order valence-corrected chi connectivity index (χ4v) is 3.59.